The van der Waals surface area contributed by atoms with Crippen LogP contribution in [0, 0.1) is 5.92 Å². The van der Waals surface area contributed by atoms with Crippen molar-refractivity contribution in [3.63, 3.8) is 0 Å². The molecule has 1 aromatic rings. The highest BCUT2D eigenvalue weighted by atomic mass is 32.2. The van der Waals surface area contributed by atoms with Gasteiger partial charge in [-0.2, -0.15) is 4.37 Å². The number of nitrogens with zero attached hydrogens (tertiary/aromatic N) is 1. The van der Waals surface area contributed by atoms with Gasteiger partial charge < -0.3 is 16.8 Å². The van der Waals surface area contributed by atoms with E-state index in [4.69, 9.17) is 11.5 Å². The first-order valence-corrected chi connectivity index (χ1v) is 7.96. The van der Waals surface area contributed by atoms with E-state index in [1.54, 1.807) is 11.8 Å². The van der Waals surface area contributed by atoms with Crippen molar-refractivity contribution in [1.29, 1.82) is 0 Å². The van der Waals surface area contributed by atoms with Crippen LogP contribution in [0.15, 0.2) is 4.90 Å². The van der Waals surface area contributed by atoms with Crippen LogP contribution in [-0.2, 0) is 4.79 Å². The zero-order chi connectivity index (χ0) is 13.1. The minimum atomic E-state index is -0.166. The molecule has 1 aromatic heterocycles. The Kier molecular flexibility index (Phi) is 4.34. The lowest BCUT2D eigenvalue weighted by Crippen LogP contribution is -2.32. The number of primary amides is 1. The molecule has 5 N–H and O–H groups in total. The second-order valence-electron chi connectivity index (χ2n) is 4.53. The Labute approximate surface area is 115 Å². The molecule has 1 aliphatic rings. The average molecular weight is 286 g/mol. The van der Waals surface area contributed by atoms with Gasteiger partial charge in [0.1, 0.15) is 5.00 Å². The van der Waals surface area contributed by atoms with E-state index in [9.17, 15) is 4.79 Å². The average Bonchev–Trinajstić information content (AvgIpc) is 2.70. The van der Waals surface area contributed by atoms with Gasteiger partial charge in [0.05, 0.1) is 4.90 Å². The second kappa shape index (κ2) is 5.79. The van der Waals surface area contributed by atoms with Crippen molar-refractivity contribution in [2.45, 2.75) is 36.6 Å². The fraction of sp³-hybridized carbons (Fsp3) is 0.636. The highest BCUT2D eigenvalue weighted by Crippen LogP contribution is 2.36. The molecule has 0 spiro atoms. The van der Waals surface area contributed by atoms with Gasteiger partial charge in [-0.1, -0.05) is 0 Å². The van der Waals surface area contributed by atoms with Crippen molar-refractivity contribution in [1.82, 2.24) is 4.37 Å². The summed E-state index contributed by atoms with van der Waals surface area (Å²) in [5.41, 5.74) is 11.1. The van der Waals surface area contributed by atoms with Gasteiger partial charge in [-0.05, 0) is 43.5 Å². The molecule has 1 fully saturated rings. The molecule has 1 saturated carbocycles. The third-order valence-electron chi connectivity index (χ3n) is 3.34. The maximum atomic E-state index is 11.1. The number of thioether (sulfide) groups is 1. The van der Waals surface area contributed by atoms with Gasteiger partial charge >= 0.3 is 0 Å². The molecule has 0 saturated heterocycles. The van der Waals surface area contributed by atoms with Gasteiger partial charge in [0.2, 0.25) is 5.91 Å². The van der Waals surface area contributed by atoms with E-state index < -0.39 is 0 Å². The fourth-order valence-electron chi connectivity index (χ4n) is 2.29. The van der Waals surface area contributed by atoms with Gasteiger partial charge in [-0.25, -0.2) is 0 Å². The molecule has 0 bridgehead atoms. The molecule has 1 heterocycles. The van der Waals surface area contributed by atoms with E-state index in [0.717, 1.165) is 35.6 Å². The summed E-state index contributed by atoms with van der Waals surface area (Å²) in [5, 5.41) is 4.53. The van der Waals surface area contributed by atoms with E-state index >= 15 is 0 Å². The lowest BCUT2D eigenvalue weighted by molar-refractivity contribution is -0.122. The Hall–Kier alpha value is -0.950. The van der Waals surface area contributed by atoms with Gasteiger partial charge in [-0.3, -0.25) is 4.79 Å². The minimum absolute atomic E-state index is 0.0506. The number of hydrogen-bond acceptors (Lipinski definition) is 6. The van der Waals surface area contributed by atoms with E-state index in [-0.39, 0.29) is 11.8 Å². The molecule has 0 unspecified atom stereocenters. The Morgan fingerprint density at radius 1 is 1.44 bits per heavy atom. The third-order valence-corrected chi connectivity index (χ3v) is 5.09. The summed E-state index contributed by atoms with van der Waals surface area (Å²) in [6.07, 6.45) is 5.68. The summed E-state index contributed by atoms with van der Waals surface area (Å²) in [5.74, 6) is 0.482. The van der Waals surface area contributed by atoms with Crippen LogP contribution in [-0.4, -0.2) is 22.6 Å². The number of carbonyl (C=O) groups is 1. The van der Waals surface area contributed by atoms with Crippen molar-refractivity contribution in [2.24, 2.45) is 11.7 Å². The van der Waals surface area contributed by atoms with Crippen LogP contribution in [0.3, 0.4) is 0 Å². The number of nitrogens with two attached hydrogens (primary N) is 2. The normalized spacial score (nSPS) is 23.8. The smallest absolute Gasteiger partial charge is 0.220 e. The number of hydrogen-bond donors (Lipinski definition) is 3. The lowest BCUT2D eigenvalue weighted by Gasteiger charge is -2.27. The number of anilines is 2. The van der Waals surface area contributed by atoms with Crippen molar-refractivity contribution in [3.05, 3.63) is 0 Å². The maximum absolute atomic E-state index is 11.1. The molecule has 7 heteroatoms. The van der Waals surface area contributed by atoms with E-state index in [0.29, 0.717) is 11.9 Å². The number of rotatable bonds is 4. The zero-order valence-electron chi connectivity index (χ0n) is 10.3. The molecule has 2 rings (SSSR count). The molecule has 0 aromatic carbocycles. The monoisotopic (exact) mass is 286 g/mol. The third kappa shape index (κ3) is 2.89. The molecule has 100 valence electrons. The maximum Gasteiger partial charge on any atom is 0.220 e. The predicted octanol–water partition coefficient (Wildman–Crippen LogP) is 1.90. The molecule has 1 aliphatic carbocycles. The standard InChI is InChI=1S/C11H18N4OS2/c1-17-8-9(12)15-18-11(8)14-7-4-2-6(3-5-7)10(13)16/h6-7,14H,2-5H2,1H3,(H2,12,15)(H2,13,16). The lowest BCUT2D eigenvalue weighted by atomic mass is 9.86. The summed E-state index contributed by atoms with van der Waals surface area (Å²) >= 11 is 3.01. The van der Waals surface area contributed by atoms with Crippen molar-refractivity contribution in [2.75, 3.05) is 17.3 Å². The van der Waals surface area contributed by atoms with Crippen LogP contribution in [0.25, 0.3) is 0 Å². The Bertz CT molecular complexity index is 427. The Morgan fingerprint density at radius 2 is 2.11 bits per heavy atom. The van der Waals surface area contributed by atoms with Crippen molar-refractivity contribution < 1.29 is 4.79 Å². The van der Waals surface area contributed by atoms with Gasteiger partial charge in [0.15, 0.2) is 5.82 Å². The van der Waals surface area contributed by atoms with Crippen molar-refractivity contribution in [3.8, 4) is 0 Å². The van der Waals surface area contributed by atoms with Crippen LogP contribution >= 0.6 is 23.3 Å². The highest BCUT2D eigenvalue weighted by Gasteiger charge is 2.25. The van der Waals surface area contributed by atoms with Gasteiger partial charge in [0.25, 0.3) is 0 Å². The van der Waals surface area contributed by atoms with Crippen molar-refractivity contribution >= 4 is 40.0 Å². The van der Waals surface area contributed by atoms with Crippen LogP contribution in [0.4, 0.5) is 10.8 Å². The first kappa shape index (κ1) is 13.5. The molecule has 5 nitrogen and oxygen atoms in total. The molecule has 0 atom stereocenters. The van der Waals surface area contributed by atoms with Gasteiger partial charge in [0, 0.05) is 12.0 Å². The molecule has 1 amide bonds. The Morgan fingerprint density at radius 3 is 2.67 bits per heavy atom. The summed E-state index contributed by atoms with van der Waals surface area (Å²) < 4.78 is 4.16. The molecule has 18 heavy (non-hydrogen) atoms. The van der Waals surface area contributed by atoms with Crippen LogP contribution in [0.5, 0.6) is 0 Å². The predicted molar refractivity (Wildman–Crippen MR) is 76.9 cm³/mol. The quantitative estimate of drug-likeness (QED) is 0.735. The van der Waals surface area contributed by atoms with E-state index in [1.807, 2.05) is 6.26 Å². The van der Waals surface area contributed by atoms with Gasteiger partial charge in [-0.15, -0.1) is 11.8 Å². The van der Waals surface area contributed by atoms with E-state index in [2.05, 4.69) is 9.69 Å². The fourth-order valence-corrected chi connectivity index (χ4v) is 3.90. The zero-order valence-corrected chi connectivity index (χ0v) is 11.9. The minimum Gasteiger partial charge on any atom is -0.382 e. The topological polar surface area (TPSA) is 94.0 Å². The summed E-state index contributed by atoms with van der Waals surface area (Å²) in [7, 11) is 0. The molecular formula is C11H18N4OS2. The molecule has 0 radical (unpaired) electrons. The summed E-state index contributed by atoms with van der Waals surface area (Å²) in [6.45, 7) is 0. The number of aromatic nitrogens is 1. The van der Waals surface area contributed by atoms with E-state index in [1.165, 1.54) is 11.5 Å². The number of nitrogen functional groups attached to an aromatic ring is 1. The first-order chi connectivity index (χ1) is 8.61. The second-order valence-corrected chi connectivity index (χ2v) is 6.12. The number of amides is 1. The first-order valence-electron chi connectivity index (χ1n) is 5.96. The van der Waals surface area contributed by atoms with Crippen LogP contribution in [0.2, 0.25) is 0 Å². The molecule has 0 aliphatic heterocycles. The van der Waals surface area contributed by atoms with Crippen LogP contribution < -0.4 is 16.8 Å². The molecular weight excluding hydrogens is 268 g/mol. The largest absolute Gasteiger partial charge is 0.382 e. The highest BCUT2D eigenvalue weighted by molar-refractivity contribution is 7.99. The number of nitrogens with one attached hydrogen (secondary N) is 1. The summed E-state index contributed by atoms with van der Waals surface area (Å²) in [4.78, 5) is 12.1. The summed E-state index contributed by atoms with van der Waals surface area (Å²) in [6, 6.07) is 0.395. The number of carbonyl (C=O) groups excluding carboxylic acids is 1. The van der Waals surface area contributed by atoms with Crippen LogP contribution in [0.1, 0.15) is 25.7 Å². The SMILES string of the molecule is CSc1c(N)nsc1NC1CCC(C(N)=O)CC1. The Balaban J connectivity index is 1.93.